The summed E-state index contributed by atoms with van der Waals surface area (Å²) in [6, 6.07) is 0. The molecular weight excluding hydrogens is 336 g/mol. The lowest BCUT2D eigenvalue weighted by Crippen LogP contribution is -2.45. The summed E-state index contributed by atoms with van der Waals surface area (Å²) in [5.41, 5.74) is 0. The van der Waals surface area contributed by atoms with Crippen molar-refractivity contribution in [2.24, 2.45) is 0 Å². The van der Waals surface area contributed by atoms with Gasteiger partial charge in [-0.3, -0.25) is 19.2 Å². The number of hydrogen-bond acceptors (Lipinski definition) is 4. The number of carbonyl (C=O) groups excluding carboxylic acids is 4. The van der Waals surface area contributed by atoms with Crippen molar-refractivity contribution in [2.75, 3.05) is 39.3 Å². The molecule has 144 valence electrons. The van der Waals surface area contributed by atoms with Gasteiger partial charge in [0.25, 0.3) is 0 Å². The van der Waals surface area contributed by atoms with Crippen molar-refractivity contribution in [3.63, 3.8) is 0 Å². The predicted molar refractivity (Wildman–Crippen MR) is 100 cm³/mol. The van der Waals surface area contributed by atoms with Crippen LogP contribution in [0.4, 0.5) is 0 Å². The molecular formula is C18H28N4O4. The van der Waals surface area contributed by atoms with Gasteiger partial charge in [0.2, 0.25) is 23.6 Å². The van der Waals surface area contributed by atoms with Gasteiger partial charge in [0.15, 0.2) is 0 Å². The summed E-state index contributed by atoms with van der Waals surface area (Å²) in [6.45, 7) is 13.7. The van der Waals surface area contributed by atoms with E-state index < -0.39 is 0 Å². The maximum Gasteiger partial charge on any atom is 0.246 e. The topological polar surface area (TPSA) is 98.8 Å². The quantitative estimate of drug-likeness (QED) is 0.444. The van der Waals surface area contributed by atoms with E-state index in [1.165, 1.54) is 22.0 Å². The van der Waals surface area contributed by atoms with Crippen molar-refractivity contribution < 1.29 is 19.2 Å². The Bertz CT molecular complexity index is 545. The average Bonchev–Trinajstić information content (AvgIpc) is 2.66. The maximum atomic E-state index is 12.0. The van der Waals surface area contributed by atoms with Gasteiger partial charge < -0.3 is 20.4 Å². The summed E-state index contributed by atoms with van der Waals surface area (Å²) in [6.07, 6.45) is 3.88. The van der Waals surface area contributed by atoms with Crippen molar-refractivity contribution >= 4 is 23.6 Å². The number of rotatable bonds is 13. The summed E-state index contributed by atoms with van der Waals surface area (Å²) < 4.78 is 0. The second kappa shape index (κ2) is 13.4. The predicted octanol–water partition coefficient (Wildman–Crippen LogP) is -0.156. The minimum Gasteiger partial charge on any atom is -0.354 e. The Morgan fingerprint density at radius 1 is 0.769 bits per heavy atom. The summed E-state index contributed by atoms with van der Waals surface area (Å²) in [7, 11) is 0. The molecule has 8 nitrogen and oxygen atoms in total. The van der Waals surface area contributed by atoms with Gasteiger partial charge in [0, 0.05) is 45.7 Å². The molecule has 0 atom stereocenters. The monoisotopic (exact) mass is 364 g/mol. The van der Waals surface area contributed by atoms with Gasteiger partial charge in [-0.05, 0) is 18.2 Å². The maximum absolute atomic E-state index is 12.0. The minimum absolute atomic E-state index is 0.0996. The Hall–Kier alpha value is -2.90. The van der Waals surface area contributed by atoms with Gasteiger partial charge in [-0.15, -0.1) is 0 Å². The Morgan fingerprint density at radius 3 is 1.62 bits per heavy atom. The lowest BCUT2D eigenvalue weighted by Gasteiger charge is -2.27. The summed E-state index contributed by atoms with van der Waals surface area (Å²) in [4.78, 5) is 49.3. The molecule has 0 aromatic heterocycles. The van der Waals surface area contributed by atoms with Crippen LogP contribution < -0.4 is 10.6 Å². The van der Waals surface area contributed by atoms with Crippen LogP contribution >= 0.6 is 0 Å². The summed E-state index contributed by atoms with van der Waals surface area (Å²) in [5, 5.41) is 5.28. The van der Waals surface area contributed by atoms with Crippen molar-refractivity contribution in [1.82, 2.24) is 20.4 Å². The molecule has 0 aliphatic rings. The Kier molecular flexibility index (Phi) is 11.9. The molecule has 2 N–H and O–H groups in total. The van der Waals surface area contributed by atoms with Crippen LogP contribution in [0.15, 0.2) is 38.0 Å². The molecule has 0 aliphatic carbocycles. The highest BCUT2D eigenvalue weighted by molar-refractivity contribution is 5.88. The number of hydrogen-bond donors (Lipinski definition) is 2. The number of amides is 4. The van der Waals surface area contributed by atoms with E-state index >= 15 is 0 Å². The molecule has 0 saturated heterocycles. The molecule has 0 rings (SSSR count). The first-order valence-corrected chi connectivity index (χ1v) is 8.39. The minimum atomic E-state index is -0.328. The molecule has 26 heavy (non-hydrogen) atoms. The SMILES string of the molecule is C=CC(=O)NCCN(CCN(CCNC(=O)CC)C(=O)C=C)C(=O)C=C. The van der Waals surface area contributed by atoms with E-state index in [2.05, 4.69) is 30.4 Å². The van der Waals surface area contributed by atoms with Crippen LogP contribution in [0.5, 0.6) is 0 Å². The van der Waals surface area contributed by atoms with Crippen molar-refractivity contribution in [3.05, 3.63) is 38.0 Å². The van der Waals surface area contributed by atoms with E-state index in [1.54, 1.807) is 6.92 Å². The van der Waals surface area contributed by atoms with Crippen LogP contribution in [0.2, 0.25) is 0 Å². The standard InChI is InChI=1S/C18H28N4O4/c1-5-15(23)19-9-11-21(17(25)7-3)13-14-22(18(26)8-4)12-10-20-16(24)6-2/h5,7-8H,1,3-4,6,9-14H2,2H3,(H,19,23)(H,20,24). The molecule has 0 aromatic rings. The highest BCUT2D eigenvalue weighted by Crippen LogP contribution is 1.96. The van der Waals surface area contributed by atoms with Gasteiger partial charge in [-0.25, -0.2) is 0 Å². The van der Waals surface area contributed by atoms with Crippen molar-refractivity contribution in [3.8, 4) is 0 Å². The Morgan fingerprint density at radius 2 is 1.23 bits per heavy atom. The van der Waals surface area contributed by atoms with E-state index in [4.69, 9.17) is 0 Å². The van der Waals surface area contributed by atoms with Gasteiger partial charge >= 0.3 is 0 Å². The third-order valence-corrected chi connectivity index (χ3v) is 3.50. The van der Waals surface area contributed by atoms with Crippen LogP contribution in [0.3, 0.4) is 0 Å². The van der Waals surface area contributed by atoms with E-state index in [1.807, 2.05) is 0 Å². The van der Waals surface area contributed by atoms with E-state index in [0.29, 0.717) is 19.5 Å². The second-order valence-corrected chi connectivity index (χ2v) is 5.26. The van der Waals surface area contributed by atoms with Crippen LogP contribution in [0, 0.1) is 0 Å². The lowest BCUT2D eigenvalue weighted by atomic mass is 10.3. The first-order valence-electron chi connectivity index (χ1n) is 8.39. The third kappa shape index (κ3) is 9.41. The molecule has 0 aliphatic heterocycles. The van der Waals surface area contributed by atoms with Crippen LogP contribution in [0.25, 0.3) is 0 Å². The van der Waals surface area contributed by atoms with Gasteiger partial charge in [0.1, 0.15) is 0 Å². The molecule has 8 heteroatoms. The Labute approximate surface area is 154 Å². The number of nitrogens with one attached hydrogen (secondary N) is 2. The smallest absolute Gasteiger partial charge is 0.246 e. The van der Waals surface area contributed by atoms with Crippen LogP contribution in [-0.2, 0) is 19.2 Å². The van der Waals surface area contributed by atoms with Gasteiger partial charge in [-0.2, -0.15) is 0 Å². The highest BCUT2D eigenvalue weighted by atomic mass is 16.2. The molecule has 0 aromatic carbocycles. The Balaban J connectivity index is 4.68. The zero-order chi connectivity index (χ0) is 19.9. The number of nitrogens with zero attached hydrogens (tertiary/aromatic N) is 2. The molecule has 4 amide bonds. The molecule has 0 bridgehead atoms. The van der Waals surface area contributed by atoms with Gasteiger partial charge in [0.05, 0.1) is 0 Å². The van der Waals surface area contributed by atoms with Crippen molar-refractivity contribution in [2.45, 2.75) is 13.3 Å². The van der Waals surface area contributed by atoms with E-state index in [-0.39, 0.29) is 49.8 Å². The zero-order valence-electron chi connectivity index (χ0n) is 15.3. The third-order valence-electron chi connectivity index (χ3n) is 3.50. The normalized spacial score (nSPS) is 9.58. The second-order valence-electron chi connectivity index (χ2n) is 5.26. The summed E-state index contributed by atoms with van der Waals surface area (Å²) >= 11 is 0. The molecule has 0 saturated carbocycles. The fraction of sp³-hybridized carbons (Fsp3) is 0.444. The van der Waals surface area contributed by atoms with Crippen molar-refractivity contribution in [1.29, 1.82) is 0 Å². The van der Waals surface area contributed by atoms with Crippen LogP contribution in [0.1, 0.15) is 13.3 Å². The fourth-order valence-corrected chi connectivity index (χ4v) is 2.01. The fourth-order valence-electron chi connectivity index (χ4n) is 2.01. The molecule has 0 unspecified atom stereocenters. The highest BCUT2D eigenvalue weighted by Gasteiger charge is 2.15. The first-order chi connectivity index (χ1) is 12.4. The zero-order valence-corrected chi connectivity index (χ0v) is 15.3. The van der Waals surface area contributed by atoms with E-state index in [9.17, 15) is 19.2 Å². The molecule has 0 spiro atoms. The van der Waals surface area contributed by atoms with E-state index in [0.717, 1.165) is 6.08 Å². The van der Waals surface area contributed by atoms with Crippen LogP contribution in [-0.4, -0.2) is 72.7 Å². The average molecular weight is 364 g/mol. The molecule has 0 heterocycles. The first kappa shape index (κ1) is 23.1. The number of carbonyl (C=O) groups is 4. The largest absolute Gasteiger partial charge is 0.354 e. The van der Waals surface area contributed by atoms with Gasteiger partial charge in [-0.1, -0.05) is 26.7 Å². The summed E-state index contributed by atoms with van der Waals surface area (Å²) in [5.74, 6) is -1.02. The molecule has 0 fully saturated rings. The lowest BCUT2D eigenvalue weighted by molar-refractivity contribution is -0.130. The molecule has 0 radical (unpaired) electrons.